The summed E-state index contributed by atoms with van der Waals surface area (Å²) < 4.78 is 18.7. The van der Waals surface area contributed by atoms with Crippen LogP contribution in [0, 0.1) is 12.7 Å². The molecule has 1 aromatic carbocycles. The third-order valence-electron chi connectivity index (χ3n) is 4.91. The van der Waals surface area contributed by atoms with Crippen molar-refractivity contribution in [2.75, 3.05) is 51.6 Å². The summed E-state index contributed by atoms with van der Waals surface area (Å²) in [5.41, 5.74) is 0.453. The van der Waals surface area contributed by atoms with Crippen molar-refractivity contribution >= 4 is 17.5 Å². The molecule has 0 spiro atoms. The number of hydrogen-bond donors (Lipinski definition) is 1. The Balaban J connectivity index is 1.38. The van der Waals surface area contributed by atoms with Crippen LogP contribution in [0.1, 0.15) is 11.5 Å². The van der Waals surface area contributed by atoms with Crippen LogP contribution in [0.25, 0.3) is 0 Å². The van der Waals surface area contributed by atoms with Crippen molar-refractivity contribution in [3.8, 4) is 0 Å². The van der Waals surface area contributed by atoms with E-state index in [-0.39, 0.29) is 24.2 Å². The van der Waals surface area contributed by atoms with Gasteiger partial charge in [-0.1, -0.05) is 6.07 Å². The number of aryl methyl sites for hydroxylation is 1. The molecular weight excluding hydrogens is 375 g/mol. The Morgan fingerprint density at radius 2 is 1.79 bits per heavy atom. The number of anilines is 1. The average molecular weight is 402 g/mol. The number of carbonyl (C=O) groups is 2. The normalized spacial score (nSPS) is 15.3. The second-order valence-corrected chi connectivity index (χ2v) is 7.37. The predicted octanol–water partition coefficient (Wildman–Crippen LogP) is 1.94. The van der Waals surface area contributed by atoms with Gasteiger partial charge in [0.15, 0.2) is 0 Å². The van der Waals surface area contributed by atoms with E-state index in [1.165, 1.54) is 12.1 Å². The summed E-state index contributed by atoms with van der Waals surface area (Å²) in [6.45, 7) is 5.75. The number of nitrogens with one attached hydrogen (secondary N) is 1. The minimum absolute atomic E-state index is 0.0383. The lowest BCUT2D eigenvalue weighted by atomic mass is 10.3. The second-order valence-electron chi connectivity index (χ2n) is 7.37. The molecular formula is C21H27FN4O3. The highest BCUT2D eigenvalue weighted by molar-refractivity contribution is 5.92. The van der Waals surface area contributed by atoms with Gasteiger partial charge < -0.3 is 14.6 Å². The first-order valence-electron chi connectivity index (χ1n) is 9.68. The molecule has 7 nitrogen and oxygen atoms in total. The van der Waals surface area contributed by atoms with Crippen LogP contribution in [0.15, 0.2) is 40.8 Å². The summed E-state index contributed by atoms with van der Waals surface area (Å²) in [4.78, 5) is 30.4. The van der Waals surface area contributed by atoms with E-state index in [9.17, 15) is 14.0 Å². The first-order chi connectivity index (χ1) is 13.9. The number of carbonyl (C=O) groups excluding carboxylic acids is 2. The van der Waals surface area contributed by atoms with Crippen molar-refractivity contribution in [2.24, 2.45) is 0 Å². The number of nitrogens with zero attached hydrogens (tertiary/aromatic N) is 3. The Morgan fingerprint density at radius 1 is 1.10 bits per heavy atom. The molecule has 1 aromatic heterocycles. The highest BCUT2D eigenvalue weighted by atomic mass is 19.1. The molecule has 2 amide bonds. The molecule has 1 aliphatic rings. The van der Waals surface area contributed by atoms with Gasteiger partial charge in [0, 0.05) is 38.9 Å². The van der Waals surface area contributed by atoms with E-state index < -0.39 is 0 Å². The molecule has 1 saturated heterocycles. The quantitative estimate of drug-likeness (QED) is 0.767. The Labute approximate surface area is 170 Å². The summed E-state index contributed by atoms with van der Waals surface area (Å²) in [5.74, 6) is 1.09. The summed E-state index contributed by atoms with van der Waals surface area (Å²) >= 11 is 0. The minimum Gasteiger partial charge on any atom is -0.464 e. The standard InChI is InChI=1S/C21H27FN4O3/c1-16-6-7-19(29-16)13-24(2)21(28)15-26-10-8-25(9-11-26)14-20(27)23-18-5-3-4-17(22)12-18/h3-7,12H,8-11,13-15H2,1-2H3,(H,23,27). The third-order valence-corrected chi connectivity index (χ3v) is 4.91. The number of halogens is 1. The van der Waals surface area contributed by atoms with Crippen LogP contribution in [0.2, 0.25) is 0 Å². The lowest BCUT2D eigenvalue weighted by Gasteiger charge is -2.34. The van der Waals surface area contributed by atoms with Crippen molar-refractivity contribution < 1.29 is 18.4 Å². The molecule has 0 aliphatic carbocycles. The van der Waals surface area contributed by atoms with Crippen LogP contribution in [0.4, 0.5) is 10.1 Å². The Morgan fingerprint density at radius 3 is 2.41 bits per heavy atom. The molecule has 2 heterocycles. The molecule has 0 atom stereocenters. The van der Waals surface area contributed by atoms with Crippen molar-refractivity contribution in [2.45, 2.75) is 13.5 Å². The zero-order valence-corrected chi connectivity index (χ0v) is 16.9. The van der Waals surface area contributed by atoms with Gasteiger partial charge in [-0.3, -0.25) is 19.4 Å². The van der Waals surface area contributed by atoms with Crippen LogP contribution >= 0.6 is 0 Å². The fraction of sp³-hybridized carbons (Fsp3) is 0.429. The number of piperazine rings is 1. The van der Waals surface area contributed by atoms with E-state index >= 15 is 0 Å². The number of benzene rings is 1. The highest BCUT2D eigenvalue weighted by Gasteiger charge is 2.22. The van der Waals surface area contributed by atoms with Crippen LogP contribution in [0.3, 0.4) is 0 Å². The van der Waals surface area contributed by atoms with Gasteiger partial charge in [0.2, 0.25) is 11.8 Å². The molecule has 29 heavy (non-hydrogen) atoms. The van der Waals surface area contributed by atoms with Crippen molar-refractivity contribution in [1.29, 1.82) is 0 Å². The van der Waals surface area contributed by atoms with Crippen molar-refractivity contribution in [3.63, 3.8) is 0 Å². The van der Waals surface area contributed by atoms with Crippen LogP contribution in [0.5, 0.6) is 0 Å². The third kappa shape index (κ3) is 6.40. The highest BCUT2D eigenvalue weighted by Crippen LogP contribution is 2.11. The van der Waals surface area contributed by atoms with Crippen molar-refractivity contribution in [3.05, 3.63) is 53.7 Å². The van der Waals surface area contributed by atoms with Gasteiger partial charge in [-0.15, -0.1) is 0 Å². The molecule has 1 fully saturated rings. The minimum atomic E-state index is -0.381. The van der Waals surface area contributed by atoms with Crippen LogP contribution in [-0.2, 0) is 16.1 Å². The zero-order chi connectivity index (χ0) is 20.8. The first-order valence-corrected chi connectivity index (χ1v) is 9.68. The van der Waals surface area contributed by atoms with E-state index in [1.54, 1.807) is 24.1 Å². The summed E-state index contributed by atoms with van der Waals surface area (Å²) in [7, 11) is 1.77. The monoisotopic (exact) mass is 402 g/mol. The molecule has 0 saturated carbocycles. The first kappa shape index (κ1) is 21.0. The van der Waals surface area contributed by atoms with Gasteiger partial charge in [-0.25, -0.2) is 4.39 Å². The van der Waals surface area contributed by atoms with E-state index in [0.717, 1.165) is 11.5 Å². The number of hydrogen-bond acceptors (Lipinski definition) is 5. The Bertz CT molecular complexity index is 846. The SMILES string of the molecule is Cc1ccc(CN(C)C(=O)CN2CCN(CC(=O)Nc3cccc(F)c3)CC2)o1. The molecule has 0 unspecified atom stereocenters. The largest absolute Gasteiger partial charge is 0.464 e. The number of amides is 2. The molecule has 0 bridgehead atoms. The fourth-order valence-corrected chi connectivity index (χ4v) is 3.28. The van der Waals surface area contributed by atoms with Crippen LogP contribution in [-0.4, -0.2) is 72.8 Å². The number of rotatable bonds is 7. The lowest BCUT2D eigenvalue weighted by Crippen LogP contribution is -2.51. The van der Waals surface area contributed by atoms with Gasteiger partial charge in [0.1, 0.15) is 17.3 Å². The summed E-state index contributed by atoms with van der Waals surface area (Å²) in [6.07, 6.45) is 0. The van der Waals surface area contributed by atoms with E-state index in [0.29, 0.717) is 45.0 Å². The van der Waals surface area contributed by atoms with E-state index in [1.807, 2.05) is 24.0 Å². The maximum atomic E-state index is 13.2. The molecule has 8 heteroatoms. The number of furan rings is 1. The zero-order valence-electron chi connectivity index (χ0n) is 16.9. The molecule has 1 aliphatic heterocycles. The fourth-order valence-electron chi connectivity index (χ4n) is 3.28. The maximum Gasteiger partial charge on any atom is 0.238 e. The Hall–Kier alpha value is -2.71. The lowest BCUT2D eigenvalue weighted by molar-refractivity contribution is -0.132. The predicted molar refractivity (Wildman–Crippen MR) is 108 cm³/mol. The summed E-state index contributed by atoms with van der Waals surface area (Å²) in [5, 5.41) is 2.71. The van der Waals surface area contributed by atoms with Crippen molar-refractivity contribution in [1.82, 2.24) is 14.7 Å². The van der Waals surface area contributed by atoms with E-state index in [2.05, 4.69) is 10.2 Å². The average Bonchev–Trinajstić information content (AvgIpc) is 3.08. The van der Waals surface area contributed by atoms with Gasteiger partial charge in [0.05, 0.1) is 19.6 Å². The number of likely N-dealkylation sites (N-methyl/N-ethyl adjacent to an activating group) is 1. The molecule has 0 radical (unpaired) electrons. The topological polar surface area (TPSA) is 69.0 Å². The van der Waals surface area contributed by atoms with Crippen LogP contribution < -0.4 is 5.32 Å². The van der Waals surface area contributed by atoms with Gasteiger partial charge >= 0.3 is 0 Å². The van der Waals surface area contributed by atoms with Gasteiger partial charge in [-0.05, 0) is 37.3 Å². The maximum absolute atomic E-state index is 13.2. The van der Waals surface area contributed by atoms with E-state index in [4.69, 9.17) is 4.42 Å². The Kier molecular flexibility index (Phi) is 7.00. The smallest absolute Gasteiger partial charge is 0.238 e. The molecule has 3 rings (SSSR count). The second kappa shape index (κ2) is 9.67. The van der Waals surface area contributed by atoms with Gasteiger partial charge in [-0.2, -0.15) is 0 Å². The molecule has 1 N–H and O–H groups in total. The van der Waals surface area contributed by atoms with Gasteiger partial charge in [0.25, 0.3) is 0 Å². The molecule has 156 valence electrons. The summed E-state index contributed by atoms with van der Waals surface area (Å²) in [6, 6.07) is 9.62. The molecule has 2 aromatic rings.